The van der Waals surface area contributed by atoms with Crippen LogP contribution in [-0.2, 0) is 5.41 Å². The van der Waals surface area contributed by atoms with E-state index in [2.05, 4.69) is 201 Å². The smallest absolute Gasteiger partial charge is 0.143 e. The summed E-state index contributed by atoms with van der Waals surface area (Å²) in [4.78, 5) is 2.38. The zero-order chi connectivity index (χ0) is 35.5. The van der Waals surface area contributed by atoms with E-state index in [0.29, 0.717) is 0 Å². The van der Waals surface area contributed by atoms with Gasteiger partial charge in [-0.15, -0.1) is 0 Å². The molecule has 0 radical (unpaired) electrons. The number of rotatable bonds is 6. The van der Waals surface area contributed by atoms with E-state index in [4.69, 9.17) is 4.42 Å². The van der Waals surface area contributed by atoms with Gasteiger partial charge >= 0.3 is 0 Å². The summed E-state index contributed by atoms with van der Waals surface area (Å²) in [5, 5.41) is 2.32. The van der Waals surface area contributed by atoms with Gasteiger partial charge in [0.25, 0.3) is 0 Å². The lowest BCUT2D eigenvalue weighted by molar-refractivity contribution is 0.653. The minimum Gasteiger partial charge on any atom is -0.455 e. The quantitative estimate of drug-likeness (QED) is 0.174. The van der Waals surface area contributed by atoms with Crippen LogP contribution in [0, 0.1) is 0 Å². The molecule has 0 spiro atoms. The largest absolute Gasteiger partial charge is 0.455 e. The van der Waals surface area contributed by atoms with Gasteiger partial charge in [-0.2, -0.15) is 0 Å². The van der Waals surface area contributed by atoms with Crippen LogP contribution in [0.5, 0.6) is 0 Å². The molecule has 53 heavy (non-hydrogen) atoms. The molecule has 0 saturated heterocycles. The fourth-order valence-electron chi connectivity index (χ4n) is 8.31. The second-order valence-corrected chi connectivity index (χ2v) is 14.6. The van der Waals surface area contributed by atoms with Gasteiger partial charge in [0, 0.05) is 38.8 Å². The highest BCUT2D eigenvalue weighted by Crippen LogP contribution is 2.54. The first-order valence-corrected chi connectivity index (χ1v) is 18.3. The predicted octanol–water partition coefficient (Wildman–Crippen LogP) is 14.4. The van der Waals surface area contributed by atoms with Gasteiger partial charge in [0.15, 0.2) is 0 Å². The molecule has 1 aliphatic rings. The molecule has 1 aromatic heterocycles. The molecule has 1 aliphatic carbocycles. The van der Waals surface area contributed by atoms with Crippen molar-refractivity contribution in [2.24, 2.45) is 0 Å². The minimum atomic E-state index is -0.157. The van der Waals surface area contributed by atoms with Crippen molar-refractivity contribution in [3.8, 4) is 44.5 Å². The Kier molecular flexibility index (Phi) is 7.19. The van der Waals surface area contributed by atoms with E-state index in [9.17, 15) is 0 Å². The van der Waals surface area contributed by atoms with Crippen LogP contribution in [0.4, 0.5) is 17.1 Å². The highest BCUT2D eigenvalue weighted by molar-refractivity contribution is 6.12. The first kappa shape index (κ1) is 31.1. The van der Waals surface area contributed by atoms with Crippen LogP contribution in [0.25, 0.3) is 66.4 Å². The highest BCUT2D eigenvalue weighted by atomic mass is 16.3. The van der Waals surface area contributed by atoms with Crippen LogP contribution in [0.3, 0.4) is 0 Å². The van der Waals surface area contributed by atoms with Gasteiger partial charge in [-0.3, -0.25) is 0 Å². The topological polar surface area (TPSA) is 16.4 Å². The van der Waals surface area contributed by atoms with Gasteiger partial charge in [-0.25, -0.2) is 0 Å². The average Bonchev–Trinajstić information content (AvgIpc) is 3.71. The Hall–Kier alpha value is -6.64. The molecule has 2 heteroatoms. The summed E-state index contributed by atoms with van der Waals surface area (Å²) in [7, 11) is 0. The lowest BCUT2D eigenvalue weighted by Crippen LogP contribution is -2.15. The van der Waals surface area contributed by atoms with Crippen molar-refractivity contribution in [1.82, 2.24) is 0 Å². The summed E-state index contributed by atoms with van der Waals surface area (Å²) in [6.45, 7) is 4.66. The number of fused-ring (bicyclic) bond motifs is 7. The predicted molar refractivity (Wildman–Crippen MR) is 222 cm³/mol. The molecule has 0 aliphatic heterocycles. The molecule has 0 N–H and O–H groups in total. The molecule has 10 rings (SSSR count). The number of hydrogen-bond acceptors (Lipinski definition) is 2. The van der Waals surface area contributed by atoms with Crippen molar-refractivity contribution >= 4 is 39.0 Å². The lowest BCUT2D eigenvalue weighted by Gasteiger charge is -2.27. The number of hydrogen-bond donors (Lipinski definition) is 0. The third-order valence-electron chi connectivity index (χ3n) is 11.1. The SMILES string of the molecule is CC1(C)c2ccc(N(c3ccc(-c4ccccc4)cc3)c3ccc(-c4ccc(-c5ccccc5)cc4)cc3)cc2-c2c1ccc1c2oc2ccccc21. The lowest BCUT2D eigenvalue weighted by atomic mass is 9.82. The molecule has 0 amide bonds. The van der Waals surface area contributed by atoms with E-state index in [-0.39, 0.29) is 5.41 Å². The number of anilines is 3. The molecular weight excluding hydrogens is 643 g/mol. The number of nitrogens with zero attached hydrogens (tertiary/aromatic N) is 1. The van der Waals surface area contributed by atoms with Gasteiger partial charge in [-0.05, 0) is 92.5 Å². The summed E-state index contributed by atoms with van der Waals surface area (Å²) in [6, 6.07) is 67.8. The third kappa shape index (κ3) is 5.18. The van der Waals surface area contributed by atoms with E-state index >= 15 is 0 Å². The second kappa shape index (κ2) is 12.3. The van der Waals surface area contributed by atoms with Gasteiger partial charge in [-0.1, -0.05) is 159 Å². The second-order valence-electron chi connectivity index (χ2n) is 14.6. The van der Waals surface area contributed by atoms with Crippen LogP contribution >= 0.6 is 0 Å². The maximum atomic E-state index is 6.64. The molecule has 0 unspecified atom stereocenters. The standard InChI is InChI=1S/C51H37NO/c1-51(2)46-31-29-42(33-45(46)49-47(51)32-30-44-43-15-9-10-16-48(43)53-50(44)49)52(40-25-21-38(22-26-40)35-13-7-4-8-14-35)41-27-23-39(24-28-41)37-19-17-36(18-20-37)34-11-5-3-6-12-34/h3-33H,1-2H3. The maximum absolute atomic E-state index is 6.64. The Labute approximate surface area is 310 Å². The van der Waals surface area contributed by atoms with E-state index in [1.807, 2.05) is 6.07 Å². The molecule has 252 valence electrons. The van der Waals surface area contributed by atoms with Crippen LogP contribution < -0.4 is 4.90 Å². The summed E-state index contributed by atoms with van der Waals surface area (Å²) >= 11 is 0. The van der Waals surface area contributed by atoms with Crippen molar-refractivity contribution in [3.63, 3.8) is 0 Å². The third-order valence-corrected chi connectivity index (χ3v) is 11.1. The summed E-state index contributed by atoms with van der Waals surface area (Å²) in [5.74, 6) is 0. The zero-order valence-electron chi connectivity index (χ0n) is 29.8. The Morgan fingerprint density at radius 3 is 1.42 bits per heavy atom. The fraction of sp³-hybridized carbons (Fsp3) is 0.0588. The van der Waals surface area contributed by atoms with E-state index < -0.39 is 0 Å². The zero-order valence-corrected chi connectivity index (χ0v) is 29.8. The van der Waals surface area contributed by atoms with Crippen molar-refractivity contribution in [2.75, 3.05) is 4.90 Å². The number of furan rings is 1. The highest BCUT2D eigenvalue weighted by Gasteiger charge is 2.38. The number of benzene rings is 8. The molecule has 1 heterocycles. The Bertz CT molecular complexity index is 2760. The Balaban J connectivity index is 1.09. The fourth-order valence-corrected chi connectivity index (χ4v) is 8.31. The minimum absolute atomic E-state index is 0.157. The number of para-hydroxylation sites is 1. The first-order chi connectivity index (χ1) is 26.0. The molecule has 9 aromatic rings. The normalized spacial score (nSPS) is 12.9. The van der Waals surface area contributed by atoms with E-state index in [0.717, 1.165) is 39.0 Å². The van der Waals surface area contributed by atoms with Crippen LogP contribution in [-0.4, -0.2) is 0 Å². The van der Waals surface area contributed by atoms with Gasteiger partial charge < -0.3 is 9.32 Å². The van der Waals surface area contributed by atoms with Gasteiger partial charge in [0.05, 0.1) is 0 Å². The van der Waals surface area contributed by atoms with Crippen molar-refractivity contribution < 1.29 is 4.42 Å². The van der Waals surface area contributed by atoms with Crippen molar-refractivity contribution in [3.05, 3.63) is 199 Å². The molecule has 0 bridgehead atoms. The van der Waals surface area contributed by atoms with Crippen LogP contribution in [0.1, 0.15) is 25.0 Å². The average molecular weight is 680 g/mol. The molecular formula is C51H37NO. The van der Waals surface area contributed by atoms with Gasteiger partial charge in [0.2, 0.25) is 0 Å². The Morgan fingerprint density at radius 2 is 0.849 bits per heavy atom. The summed E-state index contributed by atoms with van der Waals surface area (Å²) in [5.41, 5.74) is 17.3. The van der Waals surface area contributed by atoms with E-state index in [1.54, 1.807) is 0 Å². The molecule has 0 saturated carbocycles. The van der Waals surface area contributed by atoms with E-state index in [1.165, 1.54) is 55.6 Å². The van der Waals surface area contributed by atoms with Crippen LogP contribution in [0.15, 0.2) is 192 Å². The molecule has 8 aromatic carbocycles. The summed E-state index contributed by atoms with van der Waals surface area (Å²) < 4.78 is 6.64. The van der Waals surface area contributed by atoms with Gasteiger partial charge in [0.1, 0.15) is 11.2 Å². The monoisotopic (exact) mass is 679 g/mol. The molecule has 0 fully saturated rings. The summed E-state index contributed by atoms with van der Waals surface area (Å²) in [6.07, 6.45) is 0. The Morgan fingerprint density at radius 1 is 0.396 bits per heavy atom. The van der Waals surface area contributed by atoms with Crippen LogP contribution in [0.2, 0.25) is 0 Å². The maximum Gasteiger partial charge on any atom is 0.143 e. The van der Waals surface area contributed by atoms with Crippen molar-refractivity contribution in [2.45, 2.75) is 19.3 Å². The first-order valence-electron chi connectivity index (χ1n) is 18.3. The molecule has 0 atom stereocenters. The molecule has 2 nitrogen and oxygen atoms in total. The van der Waals surface area contributed by atoms with Crippen molar-refractivity contribution in [1.29, 1.82) is 0 Å².